The minimum absolute atomic E-state index is 0.0231. The van der Waals surface area contributed by atoms with Gasteiger partial charge in [0.05, 0.1) is 0 Å². The highest BCUT2D eigenvalue weighted by Crippen LogP contribution is 2.55. The van der Waals surface area contributed by atoms with Crippen molar-refractivity contribution in [1.82, 2.24) is 4.90 Å². The molecular weight excluding hydrogens is 142 g/mol. The van der Waals surface area contributed by atoms with Gasteiger partial charge in [-0.1, -0.05) is 13.8 Å². The Labute approximate surface area is 65.4 Å². The summed E-state index contributed by atoms with van der Waals surface area (Å²) in [4.78, 5) is 23.1. The summed E-state index contributed by atoms with van der Waals surface area (Å²) in [6, 6.07) is 0.178. The second kappa shape index (κ2) is 1.65. The van der Waals surface area contributed by atoms with Gasteiger partial charge in [0, 0.05) is 12.0 Å². The number of imide groups is 1. The third-order valence-electron chi connectivity index (χ3n) is 3.22. The van der Waals surface area contributed by atoms with E-state index in [0.29, 0.717) is 6.41 Å². The molecule has 0 radical (unpaired) electrons. The van der Waals surface area contributed by atoms with Gasteiger partial charge < -0.3 is 0 Å². The Kier molecular flexibility index (Phi) is 1.03. The first kappa shape index (κ1) is 6.83. The van der Waals surface area contributed by atoms with E-state index >= 15 is 0 Å². The predicted octanol–water partition coefficient (Wildman–Crippen LogP) is 0.400. The Hall–Kier alpha value is -0.860. The summed E-state index contributed by atoms with van der Waals surface area (Å²) in [7, 11) is 0. The van der Waals surface area contributed by atoms with Crippen molar-refractivity contribution in [3.63, 3.8) is 0 Å². The minimum Gasteiger partial charge on any atom is -0.281 e. The normalized spacial score (nSPS) is 38.7. The second-order valence-electron chi connectivity index (χ2n) is 3.98. The number of fused-ring (bicyclic) bond motifs is 1. The van der Waals surface area contributed by atoms with Crippen LogP contribution in [0.15, 0.2) is 0 Å². The van der Waals surface area contributed by atoms with Gasteiger partial charge in [-0.25, -0.2) is 0 Å². The topological polar surface area (TPSA) is 37.4 Å². The summed E-state index contributed by atoms with van der Waals surface area (Å²) in [5, 5.41) is 0. The van der Waals surface area contributed by atoms with Crippen molar-refractivity contribution >= 4 is 12.3 Å². The third-order valence-corrected chi connectivity index (χ3v) is 3.22. The smallest absolute Gasteiger partial charge is 0.233 e. The van der Waals surface area contributed by atoms with Crippen LogP contribution in [0.5, 0.6) is 0 Å². The Morgan fingerprint density at radius 1 is 1.64 bits per heavy atom. The number of nitrogens with zero attached hydrogens (tertiary/aromatic N) is 1. The van der Waals surface area contributed by atoms with Crippen molar-refractivity contribution in [3.8, 4) is 0 Å². The van der Waals surface area contributed by atoms with E-state index in [1.807, 2.05) is 13.8 Å². The quantitative estimate of drug-likeness (QED) is 0.511. The van der Waals surface area contributed by atoms with Crippen LogP contribution in [-0.2, 0) is 9.59 Å². The maximum atomic E-state index is 11.3. The zero-order valence-electron chi connectivity index (χ0n) is 6.70. The molecule has 3 nitrogen and oxygen atoms in total. The molecule has 11 heavy (non-hydrogen) atoms. The first-order chi connectivity index (χ1) is 5.09. The highest BCUT2D eigenvalue weighted by molar-refractivity contribution is 5.94. The van der Waals surface area contributed by atoms with Gasteiger partial charge in [0.15, 0.2) is 0 Å². The van der Waals surface area contributed by atoms with Crippen LogP contribution in [0.3, 0.4) is 0 Å². The molecule has 0 aromatic heterocycles. The fourth-order valence-electron chi connectivity index (χ4n) is 2.25. The lowest BCUT2D eigenvalue weighted by molar-refractivity contribution is -0.135. The molecule has 1 aliphatic carbocycles. The van der Waals surface area contributed by atoms with Gasteiger partial charge in [0.25, 0.3) is 0 Å². The van der Waals surface area contributed by atoms with E-state index < -0.39 is 0 Å². The molecule has 2 bridgehead atoms. The maximum Gasteiger partial charge on any atom is 0.233 e. The molecule has 3 rings (SSSR count). The van der Waals surface area contributed by atoms with E-state index in [0.717, 1.165) is 6.42 Å². The van der Waals surface area contributed by atoms with E-state index in [2.05, 4.69) is 0 Å². The van der Waals surface area contributed by atoms with E-state index in [1.165, 1.54) is 4.90 Å². The molecule has 3 fully saturated rings. The number of rotatable bonds is 1. The van der Waals surface area contributed by atoms with Crippen molar-refractivity contribution < 1.29 is 9.59 Å². The Morgan fingerprint density at radius 2 is 2.27 bits per heavy atom. The molecular formula is C8H11NO2. The highest BCUT2D eigenvalue weighted by Gasteiger charge is 2.63. The van der Waals surface area contributed by atoms with E-state index in [1.54, 1.807) is 0 Å². The molecule has 3 heteroatoms. The first-order valence-corrected chi connectivity index (χ1v) is 3.86. The van der Waals surface area contributed by atoms with Crippen molar-refractivity contribution in [1.29, 1.82) is 0 Å². The van der Waals surface area contributed by atoms with Gasteiger partial charge in [0.2, 0.25) is 12.3 Å². The fraction of sp³-hybridized carbons (Fsp3) is 0.750. The molecule has 2 heterocycles. The van der Waals surface area contributed by atoms with Crippen LogP contribution in [-0.4, -0.2) is 23.3 Å². The maximum absolute atomic E-state index is 11.3. The van der Waals surface area contributed by atoms with Crippen LogP contribution < -0.4 is 0 Å². The minimum atomic E-state index is 0.0231. The Morgan fingerprint density at radius 3 is 2.45 bits per heavy atom. The van der Waals surface area contributed by atoms with Crippen LogP contribution >= 0.6 is 0 Å². The fourth-order valence-corrected chi connectivity index (χ4v) is 2.25. The summed E-state index contributed by atoms with van der Waals surface area (Å²) < 4.78 is 0. The number of carbonyl (C=O) groups excluding carboxylic acids is 2. The van der Waals surface area contributed by atoms with Crippen LogP contribution in [0.4, 0.5) is 0 Å². The van der Waals surface area contributed by atoms with E-state index in [-0.39, 0.29) is 23.3 Å². The lowest BCUT2D eigenvalue weighted by Gasteiger charge is -2.41. The van der Waals surface area contributed by atoms with Crippen LogP contribution in [0.1, 0.15) is 20.3 Å². The van der Waals surface area contributed by atoms with E-state index in [4.69, 9.17) is 0 Å². The molecule has 0 unspecified atom stereocenters. The Balaban J connectivity index is 2.34. The summed E-state index contributed by atoms with van der Waals surface area (Å²) in [5.41, 5.74) is 0.0397. The average Bonchev–Trinajstić information content (AvgIpc) is 2.36. The molecule has 0 spiro atoms. The molecule has 2 amide bonds. The molecule has 3 aliphatic rings. The van der Waals surface area contributed by atoms with Gasteiger partial charge in [-0.3, -0.25) is 14.5 Å². The predicted molar refractivity (Wildman–Crippen MR) is 38.6 cm³/mol. The van der Waals surface area contributed by atoms with Gasteiger partial charge in [-0.15, -0.1) is 0 Å². The summed E-state index contributed by atoms with van der Waals surface area (Å²) in [5.74, 6) is 0.132. The molecule has 2 atom stereocenters. The summed E-state index contributed by atoms with van der Waals surface area (Å²) in [6.07, 6.45) is 1.55. The molecule has 2 saturated heterocycles. The molecule has 1 saturated carbocycles. The number of carbonyl (C=O) groups is 2. The average molecular weight is 153 g/mol. The lowest BCUT2D eigenvalue weighted by Crippen LogP contribution is -2.45. The number of hydrogen-bond acceptors (Lipinski definition) is 2. The van der Waals surface area contributed by atoms with E-state index in [9.17, 15) is 9.59 Å². The molecule has 2 aliphatic heterocycles. The highest BCUT2D eigenvalue weighted by atomic mass is 16.2. The largest absolute Gasteiger partial charge is 0.281 e. The second-order valence-corrected chi connectivity index (χ2v) is 3.98. The molecule has 0 N–H and O–H groups in total. The van der Waals surface area contributed by atoms with Crippen LogP contribution in [0.25, 0.3) is 0 Å². The lowest BCUT2D eigenvalue weighted by atomic mass is 9.62. The van der Waals surface area contributed by atoms with Crippen molar-refractivity contribution in [2.75, 3.05) is 0 Å². The van der Waals surface area contributed by atoms with Gasteiger partial charge in [-0.05, 0) is 11.8 Å². The van der Waals surface area contributed by atoms with Crippen molar-refractivity contribution in [2.45, 2.75) is 26.3 Å². The van der Waals surface area contributed by atoms with Crippen molar-refractivity contribution in [3.05, 3.63) is 0 Å². The number of amides is 2. The summed E-state index contributed by atoms with van der Waals surface area (Å²) in [6.45, 7) is 4.10. The van der Waals surface area contributed by atoms with Crippen LogP contribution in [0.2, 0.25) is 0 Å². The first-order valence-electron chi connectivity index (χ1n) is 3.86. The van der Waals surface area contributed by atoms with Gasteiger partial charge in [0.1, 0.15) is 0 Å². The zero-order valence-corrected chi connectivity index (χ0v) is 6.70. The van der Waals surface area contributed by atoms with Gasteiger partial charge >= 0.3 is 0 Å². The molecule has 0 aromatic rings. The monoisotopic (exact) mass is 153 g/mol. The SMILES string of the molecule is CC1(C)[C@@H]2C[C@H]1N(C=O)C2=O. The standard InChI is InChI=1S/C8H11NO2/c1-8(2)5-3-6(8)9(4-10)7(5)11/h4-6H,3H2,1-2H3/t5-,6-/m1/s1. The number of hydrogen-bond donors (Lipinski definition) is 0. The van der Waals surface area contributed by atoms with Crippen LogP contribution in [0, 0.1) is 11.3 Å². The molecule has 0 aromatic carbocycles. The Bertz CT molecular complexity index is 234. The summed E-state index contributed by atoms with van der Waals surface area (Å²) >= 11 is 0. The third kappa shape index (κ3) is 0.549. The van der Waals surface area contributed by atoms with Crippen molar-refractivity contribution in [2.24, 2.45) is 11.3 Å². The van der Waals surface area contributed by atoms with Gasteiger partial charge in [-0.2, -0.15) is 0 Å². The molecule has 60 valence electrons. The zero-order chi connectivity index (χ0) is 8.22.